The number of Topliss-reactive ketones (excluding diaryl/α,β-unsaturated/α-hetero) is 1. The number of aliphatic hydroxyl groups is 1. The SMILES string of the molecule is CCCC(=O)CC.OC/C=C/c1cc2nccc(N3CCCC3)c2s1. The third-order valence-electron chi connectivity index (χ3n) is 4.17. The van der Waals surface area contributed by atoms with Crippen molar-refractivity contribution in [2.24, 2.45) is 0 Å². The van der Waals surface area contributed by atoms with Gasteiger partial charge >= 0.3 is 0 Å². The Morgan fingerprint density at radius 2 is 2.12 bits per heavy atom. The Kier molecular flexibility index (Phi) is 8.09. The molecule has 1 saturated heterocycles. The number of hydrogen-bond acceptors (Lipinski definition) is 5. The van der Waals surface area contributed by atoms with E-state index in [9.17, 15) is 4.79 Å². The van der Waals surface area contributed by atoms with E-state index in [-0.39, 0.29) is 6.61 Å². The molecule has 1 fully saturated rings. The average Bonchev–Trinajstić information content (AvgIpc) is 3.29. The third-order valence-corrected chi connectivity index (χ3v) is 5.28. The van der Waals surface area contributed by atoms with Gasteiger partial charge in [-0.1, -0.05) is 19.9 Å². The summed E-state index contributed by atoms with van der Waals surface area (Å²) in [5, 5.41) is 8.82. The van der Waals surface area contributed by atoms with Crippen LogP contribution in [0, 0.1) is 0 Å². The number of rotatable bonds is 6. The first-order valence-electron chi connectivity index (χ1n) is 9.12. The van der Waals surface area contributed by atoms with Crippen LogP contribution in [-0.4, -0.2) is 35.6 Å². The maximum Gasteiger partial charge on any atom is 0.132 e. The molecule has 0 unspecified atom stereocenters. The van der Waals surface area contributed by atoms with E-state index in [1.54, 1.807) is 17.4 Å². The molecule has 0 bridgehead atoms. The van der Waals surface area contributed by atoms with E-state index in [4.69, 9.17) is 5.11 Å². The first-order chi connectivity index (χ1) is 12.2. The first-order valence-corrected chi connectivity index (χ1v) is 9.93. The molecule has 0 atom stereocenters. The van der Waals surface area contributed by atoms with Gasteiger partial charge in [0.2, 0.25) is 0 Å². The summed E-state index contributed by atoms with van der Waals surface area (Å²) in [6.07, 6.45) is 10.6. The fraction of sp³-hybridized carbons (Fsp3) is 0.500. The van der Waals surface area contributed by atoms with Crippen LogP contribution < -0.4 is 4.90 Å². The van der Waals surface area contributed by atoms with E-state index in [1.165, 1.54) is 23.2 Å². The lowest BCUT2D eigenvalue weighted by molar-refractivity contribution is -0.118. The highest BCUT2D eigenvalue weighted by molar-refractivity contribution is 7.20. The van der Waals surface area contributed by atoms with Crippen LogP contribution in [0.3, 0.4) is 0 Å². The van der Waals surface area contributed by atoms with Crippen LogP contribution in [0.15, 0.2) is 24.4 Å². The zero-order chi connectivity index (χ0) is 18.1. The lowest BCUT2D eigenvalue weighted by atomic mass is 10.2. The summed E-state index contributed by atoms with van der Waals surface area (Å²) in [6.45, 7) is 6.31. The van der Waals surface area contributed by atoms with E-state index in [1.807, 2.05) is 26.1 Å². The molecular formula is C20H28N2O2S. The Labute approximate surface area is 154 Å². The average molecular weight is 361 g/mol. The number of nitrogens with zero attached hydrogens (tertiary/aromatic N) is 2. The zero-order valence-corrected chi connectivity index (χ0v) is 16.0. The molecule has 2 aromatic heterocycles. The number of fused-ring (bicyclic) bond motifs is 1. The highest BCUT2D eigenvalue weighted by atomic mass is 32.1. The Hall–Kier alpha value is -1.72. The van der Waals surface area contributed by atoms with Crippen molar-refractivity contribution < 1.29 is 9.90 Å². The van der Waals surface area contributed by atoms with E-state index in [0.717, 1.165) is 36.3 Å². The fourth-order valence-corrected chi connectivity index (χ4v) is 3.95. The summed E-state index contributed by atoms with van der Waals surface area (Å²) >= 11 is 1.75. The van der Waals surface area contributed by atoms with Crippen molar-refractivity contribution in [3.8, 4) is 0 Å². The smallest absolute Gasteiger partial charge is 0.132 e. The largest absolute Gasteiger partial charge is 0.392 e. The second kappa shape index (κ2) is 10.3. The van der Waals surface area contributed by atoms with Crippen molar-refractivity contribution in [3.63, 3.8) is 0 Å². The van der Waals surface area contributed by atoms with Crippen LogP contribution in [-0.2, 0) is 4.79 Å². The van der Waals surface area contributed by atoms with Gasteiger partial charge in [-0.25, -0.2) is 0 Å². The van der Waals surface area contributed by atoms with Gasteiger partial charge in [0, 0.05) is 37.0 Å². The van der Waals surface area contributed by atoms with Crippen molar-refractivity contribution in [2.45, 2.75) is 46.0 Å². The fourth-order valence-electron chi connectivity index (χ4n) is 2.86. The monoisotopic (exact) mass is 360 g/mol. The summed E-state index contributed by atoms with van der Waals surface area (Å²) in [7, 11) is 0. The Bertz CT molecular complexity index is 703. The van der Waals surface area contributed by atoms with E-state index >= 15 is 0 Å². The molecule has 0 aromatic carbocycles. The van der Waals surface area contributed by atoms with Crippen LogP contribution in [0.1, 0.15) is 50.8 Å². The molecule has 1 aliphatic heterocycles. The number of ketones is 1. The number of carbonyl (C=O) groups is 1. The summed E-state index contributed by atoms with van der Waals surface area (Å²) in [6, 6.07) is 4.20. The van der Waals surface area contributed by atoms with Crippen molar-refractivity contribution in [1.82, 2.24) is 4.98 Å². The van der Waals surface area contributed by atoms with Crippen LogP contribution in [0.25, 0.3) is 16.3 Å². The maximum absolute atomic E-state index is 10.4. The molecule has 1 N–H and O–H groups in total. The molecule has 1 aliphatic rings. The Balaban J connectivity index is 0.000000277. The molecule has 0 amide bonds. The predicted octanol–water partition coefficient (Wildman–Crippen LogP) is 4.67. The molecule has 0 spiro atoms. The van der Waals surface area contributed by atoms with Gasteiger partial charge < -0.3 is 10.0 Å². The summed E-state index contributed by atoms with van der Waals surface area (Å²) in [4.78, 5) is 18.4. The van der Waals surface area contributed by atoms with Crippen molar-refractivity contribution >= 4 is 39.1 Å². The summed E-state index contributed by atoms with van der Waals surface area (Å²) in [5.74, 6) is 0.377. The van der Waals surface area contributed by atoms with Gasteiger partial charge in [0.1, 0.15) is 5.78 Å². The van der Waals surface area contributed by atoms with Gasteiger partial charge in [0.25, 0.3) is 0 Å². The van der Waals surface area contributed by atoms with Crippen molar-refractivity contribution in [3.05, 3.63) is 29.3 Å². The number of thiophene rings is 1. The van der Waals surface area contributed by atoms with Crippen LogP contribution >= 0.6 is 11.3 Å². The maximum atomic E-state index is 10.4. The lowest BCUT2D eigenvalue weighted by Gasteiger charge is -2.17. The Morgan fingerprint density at radius 1 is 1.36 bits per heavy atom. The van der Waals surface area contributed by atoms with Crippen LogP contribution in [0.4, 0.5) is 5.69 Å². The van der Waals surface area contributed by atoms with E-state index < -0.39 is 0 Å². The molecule has 0 saturated carbocycles. The highest BCUT2D eigenvalue weighted by Crippen LogP contribution is 2.34. The molecule has 25 heavy (non-hydrogen) atoms. The van der Waals surface area contributed by atoms with E-state index in [2.05, 4.69) is 22.0 Å². The number of carbonyl (C=O) groups excluding carboxylic acids is 1. The molecule has 0 aliphatic carbocycles. The van der Waals surface area contributed by atoms with Crippen molar-refractivity contribution in [1.29, 1.82) is 0 Å². The second-order valence-corrected chi connectivity index (χ2v) is 7.20. The van der Waals surface area contributed by atoms with Gasteiger partial charge in [-0.05, 0) is 37.5 Å². The summed E-state index contributed by atoms with van der Waals surface area (Å²) < 4.78 is 1.26. The minimum atomic E-state index is 0.0840. The minimum Gasteiger partial charge on any atom is -0.392 e. The van der Waals surface area contributed by atoms with Gasteiger partial charge in [0.05, 0.1) is 22.5 Å². The topological polar surface area (TPSA) is 53.4 Å². The molecule has 4 nitrogen and oxygen atoms in total. The van der Waals surface area contributed by atoms with Crippen LogP contribution in [0.5, 0.6) is 0 Å². The van der Waals surface area contributed by atoms with Crippen molar-refractivity contribution in [2.75, 3.05) is 24.6 Å². The molecule has 0 radical (unpaired) electrons. The second-order valence-electron chi connectivity index (χ2n) is 6.11. The number of aliphatic hydroxyl groups excluding tert-OH is 1. The molecule has 3 heterocycles. The Morgan fingerprint density at radius 3 is 2.72 bits per heavy atom. The normalized spacial score (nSPS) is 14.1. The molecule has 136 valence electrons. The van der Waals surface area contributed by atoms with E-state index in [0.29, 0.717) is 12.2 Å². The van der Waals surface area contributed by atoms with Crippen LogP contribution in [0.2, 0.25) is 0 Å². The number of anilines is 1. The standard InChI is InChI=1S/C14H16N2OS.C6H12O/c17-9-3-4-11-10-12-14(18-11)13(5-6-15-12)16-7-1-2-8-16;1-3-5-6(7)4-2/h3-6,10,17H,1-2,7-9H2;3-5H2,1-2H3/b4-3+;. The molecule has 2 aromatic rings. The third kappa shape index (κ3) is 5.65. The molecule has 3 rings (SSSR count). The lowest BCUT2D eigenvalue weighted by Crippen LogP contribution is -2.17. The predicted molar refractivity (Wildman–Crippen MR) is 107 cm³/mol. The summed E-state index contributed by atoms with van der Waals surface area (Å²) in [5.41, 5.74) is 2.37. The number of pyridine rings is 1. The first kappa shape index (κ1) is 19.6. The molecule has 5 heteroatoms. The van der Waals surface area contributed by atoms with Gasteiger partial charge in [-0.3, -0.25) is 9.78 Å². The van der Waals surface area contributed by atoms with Gasteiger partial charge in [-0.15, -0.1) is 11.3 Å². The molecular weight excluding hydrogens is 332 g/mol. The van der Waals surface area contributed by atoms with Gasteiger partial charge in [-0.2, -0.15) is 0 Å². The minimum absolute atomic E-state index is 0.0840. The highest BCUT2D eigenvalue weighted by Gasteiger charge is 2.16. The quantitative estimate of drug-likeness (QED) is 0.813. The number of hydrogen-bond donors (Lipinski definition) is 1. The van der Waals surface area contributed by atoms with Gasteiger partial charge in [0.15, 0.2) is 0 Å². The number of aromatic nitrogens is 1. The zero-order valence-electron chi connectivity index (χ0n) is 15.2.